The zero-order chi connectivity index (χ0) is 20.1. The quantitative estimate of drug-likeness (QED) is 0.694. The fraction of sp³-hybridized carbons (Fsp3) is 0.200. The van der Waals surface area contributed by atoms with Crippen LogP contribution in [0, 0.1) is 0 Å². The van der Waals surface area contributed by atoms with Crippen molar-refractivity contribution in [3.63, 3.8) is 0 Å². The van der Waals surface area contributed by atoms with Gasteiger partial charge in [-0.15, -0.1) is 0 Å². The lowest BCUT2D eigenvalue weighted by molar-refractivity contribution is -0.121. The molecular weight excluding hydrogens is 360 g/mol. The van der Waals surface area contributed by atoms with Crippen LogP contribution in [-0.2, 0) is 24.2 Å². The SMILES string of the molecule is O=C(CCc1ccccc1)NCc1ccc2c(c1)N(C(=O)c1ccccc1)CC2. The van der Waals surface area contributed by atoms with Crippen molar-refractivity contribution in [2.24, 2.45) is 0 Å². The zero-order valence-electron chi connectivity index (χ0n) is 16.3. The lowest BCUT2D eigenvalue weighted by Crippen LogP contribution is -2.29. The van der Waals surface area contributed by atoms with Crippen LogP contribution in [0.25, 0.3) is 0 Å². The van der Waals surface area contributed by atoms with E-state index >= 15 is 0 Å². The van der Waals surface area contributed by atoms with Crippen molar-refractivity contribution < 1.29 is 9.59 Å². The molecule has 4 rings (SSSR count). The van der Waals surface area contributed by atoms with Crippen LogP contribution in [0.4, 0.5) is 5.69 Å². The van der Waals surface area contributed by atoms with E-state index in [-0.39, 0.29) is 11.8 Å². The average Bonchev–Trinajstić information content (AvgIpc) is 3.20. The van der Waals surface area contributed by atoms with Crippen LogP contribution >= 0.6 is 0 Å². The summed E-state index contributed by atoms with van der Waals surface area (Å²) in [5, 5.41) is 2.99. The molecule has 0 unspecified atom stereocenters. The first-order chi connectivity index (χ1) is 14.2. The van der Waals surface area contributed by atoms with Crippen molar-refractivity contribution >= 4 is 17.5 Å². The molecular formula is C25H24N2O2. The molecule has 1 aliphatic rings. The fourth-order valence-electron chi connectivity index (χ4n) is 3.67. The summed E-state index contributed by atoms with van der Waals surface area (Å²) in [7, 11) is 0. The molecule has 0 bridgehead atoms. The van der Waals surface area contributed by atoms with Gasteiger partial charge in [0.25, 0.3) is 5.91 Å². The summed E-state index contributed by atoms with van der Waals surface area (Å²) in [6.45, 7) is 1.16. The number of nitrogens with zero attached hydrogens (tertiary/aromatic N) is 1. The van der Waals surface area contributed by atoms with Crippen molar-refractivity contribution in [1.29, 1.82) is 0 Å². The van der Waals surface area contributed by atoms with E-state index < -0.39 is 0 Å². The lowest BCUT2D eigenvalue weighted by Gasteiger charge is -2.18. The Morgan fingerprint density at radius 1 is 0.862 bits per heavy atom. The number of aryl methyl sites for hydroxylation is 1. The maximum absolute atomic E-state index is 12.9. The number of benzene rings is 3. The molecule has 1 heterocycles. The highest BCUT2D eigenvalue weighted by Gasteiger charge is 2.25. The highest BCUT2D eigenvalue weighted by molar-refractivity contribution is 6.07. The summed E-state index contributed by atoms with van der Waals surface area (Å²) < 4.78 is 0. The third-order valence-electron chi connectivity index (χ3n) is 5.28. The van der Waals surface area contributed by atoms with Gasteiger partial charge in [0.2, 0.25) is 5.91 Å². The van der Waals surface area contributed by atoms with Crippen LogP contribution in [0.15, 0.2) is 78.9 Å². The molecule has 0 atom stereocenters. The molecule has 4 heteroatoms. The van der Waals surface area contributed by atoms with Crippen molar-refractivity contribution in [1.82, 2.24) is 5.32 Å². The fourth-order valence-corrected chi connectivity index (χ4v) is 3.67. The Bertz CT molecular complexity index is 1000. The molecule has 0 saturated heterocycles. The maximum atomic E-state index is 12.9. The zero-order valence-corrected chi connectivity index (χ0v) is 16.3. The molecule has 1 N–H and O–H groups in total. The van der Waals surface area contributed by atoms with Gasteiger partial charge in [-0.3, -0.25) is 9.59 Å². The first-order valence-electron chi connectivity index (χ1n) is 10.00. The Morgan fingerprint density at radius 2 is 1.59 bits per heavy atom. The van der Waals surface area contributed by atoms with E-state index in [4.69, 9.17) is 0 Å². The van der Waals surface area contributed by atoms with E-state index in [0.717, 1.165) is 29.7 Å². The van der Waals surface area contributed by atoms with Crippen LogP contribution in [-0.4, -0.2) is 18.4 Å². The summed E-state index contributed by atoms with van der Waals surface area (Å²) in [6, 6.07) is 25.5. The van der Waals surface area contributed by atoms with E-state index in [1.54, 1.807) is 0 Å². The number of carbonyl (C=O) groups is 2. The van der Waals surface area contributed by atoms with E-state index in [1.165, 1.54) is 5.56 Å². The Balaban J connectivity index is 1.38. The normalized spacial score (nSPS) is 12.5. The van der Waals surface area contributed by atoms with Gasteiger partial charge in [-0.2, -0.15) is 0 Å². The van der Waals surface area contributed by atoms with Crippen molar-refractivity contribution in [2.75, 3.05) is 11.4 Å². The first-order valence-corrected chi connectivity index (χ1v) is 10.00. The predicted octanol–water partition coefficient (Wildman–Crippen LogP) is 4.14. The third kappa shape index (κ3) is 4.54. The van der Waals surface area contributed by atoms with Crippen LogP contribution in [0.3, 0.4) is 0 Å². The Hall–Kier alpha value is -3.40. The summed E-state index contributed by atoms with van der Waals surface area (Å²) in [5.41, 5.74) is 4.99. The number of nitrogens with one attached hydrogen (secondary N) is 1. The second kappa shape index (κ2) is 8.74. The van der Waals surface area contributed by atoms with E-state index in [1.807, 2.05) is 77.7 Å². The van der Waals surface area contributed by atoms with Crippen molar-refractivity contribution in [2.45, 2.75) is 25.8 Å². The minimum Gasteiger partial charge on any atom is -0.352 e. The van der Waals surface area contributed by atoms with E-state index in [0.29, 0.717) is 25.1 Å². The number of hydrogen-bond acceptors (Lipinski definition) is 2. The number of hydrogen-bond donors (Lipinski definition) is 1. The van der Waals surface area contributed by atoms with Gasteiger partial charge in [0, 0.05) is 30.8 Å². The Kier molecular flexibility index (Phi) is 5.71. The predicted molar refractivity (Wildman–Crippen MR) is 115 cm³/mol. The molecule has 0 spiro atoms. The summed E-state index contributed by atoms with van der Waals surface area (Å²) in [6.07, 6.45) is 2.06. The first kappa shape index (κ1) is 18.9. The smallest absolute Gasteiger partial charge is 0.258 e. The summed E-state index contributed by atoms with van der Waals surface area (Å²) in [5.74, 6) is 0.0555. The molecule has 0 fully saturated rings. The van der Waals surface area contributed by atoms with Crippen LogP contribution < -0.4 is 10.2 Å². The van der Waals surface area contributed by atoms with Crippen LogP contribution in [0.2, 0.25) is 0 Å². The highest BCUT2D eigenvalue weighted by Crippen LogP contribution is 2.30. The van der Waals surface area contributed by atoms with Gasteiger partial charge in [0.1, 0.15) is 0 Å². The van der Waals surface area contributed by atoms with Crippen molar-refractivity contribution in [3.8, 4) is 0 Å². The second-order valence-electron chi connectivity index (χ2n) is 7.30. The molecule has 0 aromatic heterocycles. The van der Waals surface area contributed by atoms with Gasteiger partial charge < -0.3 is 10.2 Å². The molecule has 1 aliphatic heterocycles. The summed E-state index contributed by atoms with van der Waals surface area (Å²) in [4.78, 5) is 26.9. The molecule has 0 aliphatic carbocycles. The Labute approximate surface area is 171 Å². The molecule has 4 nitrogen and oxygen atoms in total. The third-order valence-corrected chi connectivity index (χ3v) is 5.28. The van der Waals surface area contributed by atoms with Gasteiger partial charge in [-0.05, 0) is 47.7 Å². The van der Waals surface area contributed by atoms with Gasteiger partial charge in [0.15, 0.2) is 0 Å². The van der Waals surface area contributed by atoms with Crippen LogP contribution in [0.1, 0.15) is 33.5 Å². The minimum atomic E-state index is 0.0217. The standard InChI is InChI=1S/C25H24N2O2/c28-24(14-12-19-7-3-1-4-8-19)26-18-20-11-13-21-15-16-27(23(21)17-20)25(29)22-9-5-2-6-10-22/h1-11,13,17H,12,14-16,18H2,(H,26,28). The molecule has 3 aromatic carbocycles. The van der Waals surface area contributed by atoms with Crippen molar-refractivity contribution in [3.05, 3.63) is 101 Å². The molecule has 3 aromatic rings. The molecule has 0 saturated carbocycles. The second-order valence-corrected chi connectivity index (χ2v) is 7.30. The van der Waals surface area contributed by atoms with Gasteiger partial charge in [-0.1, -0.05) is 60.7 Å². The van der Waals surface area contributed by atoms with Gasteiger partial charge in [0.05, 0.1) is 0 Å². The molecule has 29 heavy (non-hydrogen) atoms. The minimum absolute atomic E-state index is 0.0217. The van der Waals surface area contributed by atoms with Crippen LogP contribution in [0.5, 0.6) is 0 Å². The van der Waals surface area contributed by atoms with Gasteiger partial charge in [-0.25, -0.2) is 0 Å². The maximum Gasteiger partial charge on any atom is 0.258 e. The number of rotatable bonds is 6. The monoisotopic (exact) mass is 384 g/mol. The molecule has 0 radical (unpaired) electrons. The summed E-state index contributed by atoms with van der Waals surface area (Å²) >= 11 is 0. The number of fused-ring (bicyclic) bond motifs is 1. The lowest BCUT2D eigenvalue weighted by atomic mass is 10.1. The molecule has 146 valence electrons. The van der Waals surface area contributed by atoms with E-state index in [9.17, 15) is 9.59 Å². The topological polar surface area (TPSA) is 49.4 Å². The van der Waals surface area contributed by atoms with E-state index in [2.05, 4.69) is 11.4 Å². The van der Waals surface area contributed by atoms with Gasteiger partial charge >= 0.3 is 0 Å². The highest BCUT2D eigenvalue weighted by atomic mass is 16.2. The largest absolute Gasteiger partial charge is 0.352 e. The molecule has 2 amide bonds. The Morgan fingerprint density at radius 3 is 2.34 bits per heavy atom. The number of anilines is 1. The number of carbonyl (C=O) groups excluding carboxylic acids is 2. The average molecular weight is 384 g/mol. The number of amides is 2.